The van der Waals surface area contributed by atoms with E-state index in [9.17, 15) is 29.2 Å². The molecule has 2 N–H and O–H groups in total. The van der Waals surface area contributed by atoms with Gasteiger partial charge in [-0.05, 0) is 60.0 Å². The predicted octanol–water partition coefficient (Wildman–Crippen LogP) is 4.89. The Hall–Kier alpha value is -4.99. The summed E-state index contributed by atoms with van der Waals surface area (Å²) in [6.07, 6.45) is 2.16. The predicted molar refractivity (Wildman–Crippen MR) is 137 cm³/mol. The molecular formula is C28H22FN3O6. The fraction of sp³-hybridized carbons (Fsp3) is 0.143. The lowest BCUT2D eigenvalue weighted by molar-refractivity contribution is -0.384. The van der Waals surface area contributed by atoms with E-state index in [1.165, 1.54) is 35.2 Å². The van der Waals surface area contributed by atoms with E-state index in [-0.39, 0.29) is 23.4 Å². The van der Waals surface area contributed by atoms with E-state index in [1.807, 2.05) is 24.4 Å². The Morgan fingerprint density at radius 2 is 1.89 bits per heavy atom. The third kappa shape index (κ3) is 4.36. The van der Waals surface area contributed by atoms with E-state index in [0.29, 0.717) is 17.7 Å². The third-order valence-electron chi connectivity index (χ3n) is 6.65. The number of hydrogen-bond donors (Lipinski definition) is 2. The SMILES string of the molecule is COc1ccc2[nH]cc(CCN3C(=O)C(=O)C(=C(O)c4ccc(F)cc4)[C@@H]3c3cccc([N+](=O)[O-])c3)c2c1. The van der Waals surface area contributed by atoms with Gasteiger partial charge in [0.15, 0.2) is 0 Å². The summed E-state index contributed by atoms with van der Waals surface area (Å²) in [7, 11) is 1.56. The van der Waals surface area contributed by atoms with Gasteiger partial charge in [-0.2, -0.15) is 0 Å². The Bertz CT molecular complexity index is 1610. The summed E-state index contributed by atoms with van der Waals surface area (Å²) in [4.78, 5) is 41.8. The fourth-order valence-corrected chi connectivity index (χ4v) is 4.76. The Morgan fingerprint density at radius 3 is 2.61 bits per heavy atom. The number of aromatic nitrogens is 1. The minimum absolute atomic E-state index is 0.0856. The van der Waals surface area contributed by atoms with Gasteiger partial charge in [0, 0.05) is 41.3 Å². The summed E-state index contributed by atoms with van der Waals surface area (Å²) in [6.45, 7) is 0.0856. The molecule has 10 heteroatoms. The molecule has 3 aromatic carbocycles. The van der Waals surface area contributed by atoms with Crippen LogP contribution in [0.3, 0.4) is 0 Å². The zero-order valence-electron chi connectivity index (χ0n) is 20.2. The number of methoxy groups -OCH3 is 1. The maximum Gasteiger partial charge on any atom is 0.295 e. The monoisotopic (exact) mass is 515 g/mol. The van der Waals surface area contributed by atoms with Crippen LogP contribution in [0.15, 0.2) is 78.5 Å². The largest absolute Gasteiger partial charge is 0.507 e. The summed E-state index contributed by atoms with van der Waals surface area (Å²) in [6, 6.07) is 14.9. The molecule has 2 heterocycles. The van der Waals surface area contributed by atoms with E-state index in [1.54, 1.807) is 13.2 Å². The standard InChI is InChI=1S/C28H22FN3O6/c1-38-21-9-10-23-22(14-21)18(15-30-23)11-12-31-25(17-3-2-4-20(13-17)32(36)37)24(27(34)28(31)35)26(33)16-5-7-19(29)8-6-16/h2-10,13-15,25,30,33H,11-12H2,1H3/t25-/m0/s1. The van der Waals surface area contributed by atoms with Crippen LogP contribution in [0.4, 0.5) is 10.1 Å². The van der Waals surface area contributed by atoms with E-state index in [4.69, 9.17) is 4.74 Å². The Kier molecular flexibility index (Phi) is 6.38. The van der Waals surface area contributed by atoms with Crippen LogP contribution in [0.5, 0.6) is 5.75 Å². The second-order valence-electron chi connectivity index (χ2n) is 8.83. The quantitative estimate of drug-likeness (QED) is 0.119. The van der Waals surface area contributed by atoms with Crippen LogP contribution in [-0.2, 0) is 16.0 Å². The summed E-state index contributed by atoms with van der Waals surface area (Å²) in [5.74, 6) is -2.13. The number of fused-ring (bicyclic) bond motifs is 1. The van der Waals surface area contributed by atoms with Crippen molar-refractivity contribution in [3.05, 3.63) is 111 Å². The molecule has 0 aliphatic carbocycles. The highest BCUT2D eigenvalue weighted by molar-refractivity contribution is 6.46. The van der Waals surface area contributed by atoms with E-state index in [2.05, 4.69) is 4.98 Å². The van der Waals surface area contributed by atoms with Gasteiger partial charge in [-0.15, -0.1) is 0 Å². The molecule has 1 fully saturated rings. The number of aliphatic hydroxyl groups excluding tert-OH is 1. The number of nitro benzene ring substituents is 1. The number of aliphatic hydroxyl groups is 1. The first-order valence-electron chi connectivity index (χ1n) is 11.7. The molecular weight excluding hydrogens is 493 g/mol. The minimum Gasteiger partial charge on any atom is -0.507 e. The Morgan fingerprint density at radius 1 is 1.13 bits per heavy atom. The highest BCUT2D eigenvalue weighted by atomic mass is 19.1. The molecule has 1 aliphatic heterocycles. The zero-order chi connectivity index (χ0) is 27.0. The first-order valence-corrected chi connectivity index (χ1v) is 11.7. The molecule has 5 rings (SSSR count). The molecule has 1 atom stereocenters. The van der Waals surface area contributed by atoms with Crippen molar-refractivity contribution in [3.63, 3.8) is 0 Å². The van der Waals surface area contributed by atoms with E-state index >= 15 is 0 Å². The number of nitro groups is 1. The van der Waals surface area contributed by atoms with Gasteiger partial charge in [0.05, 0.1) is 23.6 Å². The molecule has 1 amide bonds. The normalized spacial score (nSPS) is 16.8. The van der Waals surface area contributed by atoms with Crippen LogP contribution in [0, 0.1) is 15.9 Å². The van der Waals surface area contributed by atoms with Crippen LogP contribution in [0.2, 0.25) is 0 Å². The van der Waals surface area contributed by atoms with Crippen LogP contribution >= 0.6 is 0 Å². The highest BCUT2D eigenvalue weighted by Crippen LogP contribution is 2.40. The second kappa shape index (κ2) is 9.81. The highest BCUT2D eigenvalue weighted by Gasteiger charge is 2.46. The lowest BCUT2D eigenvalue weighted by Crippen LogP contribution is -2.31. The van der Waals surface area contributed by atoms with Crippen molar-refractivity contribution in [2.45, 2.75) is 12.5 Å². The van der Waals surface area contributed by atoms with Crippen molar-refractivity contribution in [1.82, 2.24) is 9.88 Å². The molecule has 0 spiro atoms. The van der Waals surface area contributed by atoms with Crippen LogP contribution in [0.25, 0.3) is 16.7 Å². The number of rotatable bonds is 7. The average Bonchev–Trinajstić information content (AvgIpc) is 3.44. The molecule has 0 radical (unpaired) electrons. The molecule has 38 heavy (non-hydrogen) atoms. The lowest BCUT2D eigenvalue weighted by atomic mass is 9.95. The van der Waals surface area contributed by atoms with Gasteiger partial charge >= 0.3 is 0 Å². The van der Waals surface area contributed by atoms with Crippen molar-refractivity contribution < 1.29 is 28.7 Å². The Balaban J connectivity index is 1.58. The molecule has 0 unspecified atom stereocenters. The van der Waals surface area contributed by atoms with Gasteiger partial charge in [-0.25, -0.2) is 4.39 Å². The van der Waals surface area contributed by atoms with Gasteiger partial charge in [-0.1, -0.05) is 12.1 Å². The molecule has 4 aromatic rings. The van der Waals surface area contributed by atoms with E-state index in [0.717, 1.165) is 28.6 Å². The van der Waals surface area contributed by atoms with Gasteiger partial charge in [-0.3, -0.25) is 19.7 Å². The fourth-order valence-electron chi connectivity index (χ4n) is 4.76. The van der Waals surface area contributed by atoms with Crippen molar-refractivity contribution in [3.8, 4) is 5.75 Å². The summed E-state index contributed by atoms with van der Waals surface area (Å²) in [5, 5.41) is 23.4. The second-order valence-corrected chi connectivity index (χ2v) is 8.83. The van der Waals surface area contributed by atoms with Gasteiger partial charge < -0.3 is 19.7 Å². The number of carbonyl (C=O) groups excluding carboxylic acids is 2. The molecule has 0 saturated carbocycles. The lowest BCUT2D eigenvalue weighted by Gasteiger charge is -2.25. The number of ether oxygens (including phenoxy) is 1. The molecule has 9 nitrogen and oxygen atoms in total. The number of Topliss-reactive ketones (excluding diaryl/α,β-unsaturated/α-hetero) is 1. The smallest absolute Gasteiger partial charge is 0.295 e. The number of likely N-dealkylation sites (tertiary alicyclic amines) is 1. The number of benzene rings is 3. The minimum atomic E-state index is -1.08. The maximum absolute atomic E-state index is 13.5. The number of carbonyl (C=O) groups is 2. The van der Waals surface area contributed by atoms with Gasteiger partial charge in [0.25, 0.3) is 17.4 Å². The van der Waals surface area contributed by atoms with Crippen molar-refractivity contribution in [2.24, 2.45) is 0 Å². The number of ketones is 1. The molecule has 1 saturated heterocycles. The van der Waals surface area contributed by atoms with Crippen LogP contribution < -0.4 is 4.74 Å². The molecule has 1 aliphatic rings. The number of aromatic amines is 1. The summed E-state index contributed by atoms with van der Waals surface area (Å²) in [5.41, 5.74) is 1.74. The van der Waals surface area contributed by atoms with E-state index < -0.39 is 34.2 Å². The number of hydrogen-bond acceptors (Lipinski definition) is 6. The van der Waals surface area contributed by atoms with Crippen molar-refractivity contribution >= 4 is 34.0 Å². The number of H-pyrrole nitrogens is 1. The van der Waals surface area contributed by atoms with Gasteiger partial charge in [0.2, 0.25) is 0 Å². The number of non-ortho nitro benzene ring substituents is 1. The van der Waals surface area contributed by atoms with Crippen LogP contribution in [0.1, 0.15) is 22.7 Å². The number of halogens is 1. The molecule has 192 valence electrons. The van der Waals surface area contributed by atoms with Crippen LogP contribution in [-0.4, -0.2) is 45.3 Å². The number of nitrogens with zero attached hydrogens (tertiary/aromatic N) is 2. The number of amides is 1. The average molecular weight is 515 g/mol. The van der Waals surface area contributed by atoms with Gasteiger partial charge in [0.1, 0.15) is 17.3 Å². The summed E-state index contributed by atoms with van der Waals surface area (Å²) >= 11 is 0. The summed E-state index contributed by atoms with van der Waals surface area (Å²) < 4.78 is 18.8. The Labute approximate surface area is 215 Å². The topological polar surface area (TPSA) is 126 Å². The maximum atomic E-state index is 13.5. The zero-order valence-corrected chi connectivity index (χ0v) is 20.2. The molecule has 1 aromatic heterocycles. The van der Waals surface area contributed by atoms with Crippen molar-refractivity contribution in [2.75, 3.05) is 13.7 Å². The first-order chi connectivity index (χ1) is 18.3. The van der Waals surface area contributed by atoms with Crippen molar-refractivity contribution in [1.29, 1.82) is 0 Å². The number of nitrogens with one attached hydrogen (secondary N) is 1. The third-order valence-corrected chi connectivity index (χ3v) is 6.65. The molecule has 0 bridgehead atoms. The first kappa shape index (κ1) is 24.7.